The van der Waals surface area contributed by atoms with Gasteiger partial charge in [0.05, 0.1) is 4.90 Å². The smallest absolute Gasteiger partial charge is 0.326 e. The van der Waals surface area contributed by atoms with Crippen LogP contribution < -0.4 is 15.4 Å². The van der Waals surface area contributed by atoms with E-state index in [1.54, 1.807) is 6.92 Å². The molecule has 0 saturated carbocycles. The third-order valence-corrected chi connectivity index (χ3v) is 5.25. The Morgan fingerprint density at radius 2 is 1.84 bits per heavy atom. The first-order chi connectivity index (χ1) is 11.1. The number of sulfonamides is 1. The Balaban J connectivity index is 0.00000312. The van der Waals surface area contributed by atoms with E-state index in [-0.39, 0.29) is 35.0 Å². The summed E-state index contributed by atoms with van der Waals surface area (Å²) in [5.41, 5.74) is 0.383. The Hall–Kier alpha value is -1.36. The molecule has 0 aromatic heterocycles. The fourth-order valence-electron chi connectivity index (χ4n) is 2.11. The van der Waals surface area contributed by atoms with Gasteiger partial charge in [-0.3, -0.25) is 4.79 Å². The van der Waals surface area contributed by atoms with Crippen molar-refractivity contribution in [3.8, 4) is 0 Å². The van der Waals surface area contributed by atoms with Crippen molar-refractivity contribution in [3.63, 3.8) is 0 Å². The van der Waals surface area contributed by atoms with Crippen LogP contribution in [0.2, 0.25) is 0 Å². The molecule has 1 aromatic rings. The van der Waals surface area contributed by atoms with Crippen LogP contribution in [0, 0.1) is 11.8 Å². The molecule has 0 bridgehead atoms. The summed E-state index contributed by atoms with van der Waals surface area (Å²) in [6.07, 6.45) is -4.63. The van der Waals surface area contributed by atoms with Gasteiger partial charge in [0.2, 0.25) is 15.9 Å². The molecule has 0 aliphatic carbocycles. The lowest BCUT2D eigenvalue weighted by atomic mass is 9.88. The van der Waals surface area contributed by atoms with Crippen molar-refractivity contribution in [2.75, 3.05) is 25.0 Å². The van der Waals surface area contributed by atoms with E-state index in [0.717, 1.165) is 25.2 Å². The first kappa shape index (κ1) is 21.7. The van der Waals surface area contributed by atoms with Gasteiger partial charge in [-0.1, -0.05) is 6.92 Å². The van der Waals surface area contributed by atoms with Gasteiger partial charge in [-0.2, -0.15) is 13.2 Å². The van der Waals surface area contributed by atoms with Crippen molar-refractivity contribution < 1.29 is 26.4 Å². The topological polar surface area (TPSA) is 87.3 Å². The first-order valence-corrected chi connectivity index (χ1v) is 8.75. The minimum absolute atomic E-state index is 0. The molecule has 1 aliphatic heterocycles. The van der Waals surface area contributed by atoms with Crippen LogP contribution in [0.15, 0.2) is 29.2 Å². The minimum atomic E-state index is -4.63. The SMILES string of the molecule is CC(C(=O)Nc1ccc(S(=O)(=O)NCC(F)(F)F)cc1)C1CNC1.Cl. The van der Waals surface area contributed by atoms with Gasteiger partial charge in [0.1, 0.15) is 6.54 Å². The molecule has 25 heavy (non-hydrogen) atoms. The zero-order valence-corrected chi connectivity index (χ0v) is 14.9. The molecule has 1 unspecified atom stereocenters. The van der Waals surface area contributed by atoms with Gasteiger partial charge in [-0.15, -0.1) is 12.4 Å². The third-order valence-electron chi connectivity index (χ3n) is 3.83. The van der Waals surface area contributed by atoms with Crippen LogP contribution in [0.5, 0.6) is 0 Å². The number of anilines is 1. The molecular formula is C14H19ClF3N3O3S. The molecule has 1 aliphatic rings. The van der Waals surface area contributed by atoms with Crippen LogP contribution in [0.4, 0.5) is 18.9 Å². The van der Waals surface area contributed by atoms with Gasteiger partial charge < -0.3 is 10.6 Å². The summed E-state index contributed by atoms with van der Waals surface area (Å²) in [6, 6.07) is 4.96. The second kappa shape index (κ2) is 8.35. The number of benzene rings is 1. The number of carbonyl (C=O) groups is 1. The van der Waals surface area contributed by atoms with E-state index >= 15 is 0 Å². The monoisotopic (exact) mass is 401 g/mol. The number of hydrogen-bond acceptors (Lipinski definition) is 4. The van der Waals surface area contributed by atoms with Crippen LogP contribution in [-0.4, -0.2) is 40.1 Å². The summed E-state index contributed by atoms with van der Waals surface area (Å²) in [5, 5.41) is 5.74. The summed E-state index contributed by atoms with van der Waals surface area (Å²) in [7, 11) is -4.25. The first-order valence-electron chi connectivity index (χ1n) is 7.26. The van der Waals surface area contributed by atoms with Crippen molar-refractivity contribution in [2.45, 2.75) is 18.0 Å². The number of hydrogen-bond donors (Lipinski definition) is 3. The molecule has 11 heteroatoms. The van der Waals surface area contributed by atoms with Gasteiger partial charge in [0.15, 0.2) is 0 Å². The third kappa shape index (κ3) is 6.14. The molecule has 6 nitrogen and oxygen atoms in total. The van der Waals surface area contributed by atoms with Crippen molar-refractivity contribution in [1.29, 1.82) is 0 Å². The van der Waals surface area contributed by atoms with Crippen LogP contribution >= 0.6 is 12.4 Å². The van der Waals surface area contributed by atoms with Crippen LogP contribution in [0.3, 0.4) is 0 Å². The molecule has 0 spiro atoms. The number of amides is 1. The quantitative estimate of drug-likeness (QED) is 0.677. The molecule has 0 radical (unpaired) electrons. The van der Waals surface area contributed by atoms with Crippen LogP contribution in [0.1, 0.15) is 6.92 Å². The lowest BCUT2D eigenvalue weighted by Crippen LogP contribution is -2.48. The molecule has 142 valence electrons. The van der Waals surface area contributed by atoms with Gasteiger partial charge in [-0.05, 0) is 43.3 Å². The normalized spacial score (nSPS) is 16.5. The van der Waals surface area contributed by atoms with Gasteiger partial charge >= 0.3 is 6.18 Å². The average molecular weight is 402 g/mol. The van der Waals surface area contributed by atoms with Gasteiger partial charge in [0.25, 0.3) is 0 Å². The van der Waals surface area contributed by atoms with E-state index in [4.69, 9.17) is 0 Å². The predicted molar refractivity (Wildman–Crippen MR) is 89.1 cm³/mol. The summed E-state index contributed by atoms with van der Waals surface area (Å²) < 4.78 is 61.3. The fraction of sp³-hybridized carbons (Fsp3) is 0.500. The number of halogens is 4. The highest BCUT2D eigenvalue weighted by atomic mass is 35.5. The maximum absolute atomic E-state index is 12.1. The molecule has 2 rings (SSSR count). The summed E-state index contributed by atoms with van der Waals surface area (Å²) in [4.78, 5) is 11.7. The van der Waals surface area contributed by atoms with E-state index in [9.17, 15) is 26.4 Å². The van der Waals surface area contributed by atoms with Crippen LogP contribution in [-0.2, 0) is 14.8 Å². The zero-order valence-electron chi connectivity index (χ0n) is 13.3. The Morgan fingerprint density at radius 1 is 1.28 bits per heavy atom. The highest BCUT2D eigenvalue weighted by molar-refractivity contribution is 7.89. The van der Waals surface area contributed by atoms with E-state index in [2.05, 4.69) is 10.6 Å². The Bertz CT molecular complexity index is 692. The average Bonchev–Trinajstić information content (AvgIpc) is 2.43. The summed E-state index contributed by atoms with van der Waals surface area (Å²) >= 11 is 0. The molecule has 1 fully saturated rings. The standard InChI is InChI=1S/C14H18F3N3O3S.ClH/c1-9(10-6-18-7-10)13(21)20-11-2-4-12(5-3-11)24(22,23)19-8-14(15,16)17;/h2-5,9-10,18-19H,6-8H2,1H3,(H,20,21);1H. The predicted octanol–water partition coefficient (Wildman–Crippen LogP) is 1.74. The molecule has 1 amide bonds. The number of carbonyl (C=O) groups excluding carboxylic acids is 1. The largest absolute Gasteiger partial charge is 0.402 e. The Morgan fingerprint density at radius 3 is 2.28 bits per heavy atom. The summed E-state index contributed by atoms with van der Waals surface area (Å²) in [5.74, 6) is -0.119. The van der Waals surface area contributed by atoms with Crippen molar-refractivity contribution >= 4 is 34.0 Å². The van der Waals surface area contributed by atoms with Crippen molar-refractivity contribution in [3.05, 3.63) is 24.3 Å². The minimum Gasteiger partial charge on any atom is -0.326 e. The van der Waals surface area contributed by atoms with E-state index in [1.807, 2.05) is 0 Å². The molecule has 1 aromatic carbocycles. The van der Waals surface area contributed by atoms with Gasteiger partial charge in [0, 0.05) is 11.6 Å². The van der Waals surface area contributed by atoms with Crippen molar-refractivity contribution in [1.82, 2.24) is 10.0 Å². The molecule has 1 heterocycles. The highest BCUT2D eigenvalue weighted by Gasteiger charge is 2.30. The number of nitrogens with one attached hydrogen (secondary N) is 3. The lowest BCUT2D eigenvalue weighted by molar-refractivity contribution is -0.122. The van der Waals surface area contributed by atoms with E-state index in [0.29, 0.717) is 5.69 Å². The maximum Gasteiger partial charge on any atom is 0.402 e. The second-order valence-electron chi connectivity index (χ2n) is 5.66. The molecule has 1 atom stereocenters. The molecule has 3 N–H and O–H groups in total. The Kier molecular flexibility index (Phi) is 7.24. The number of alkyl halides is 3. The molecule has 1 saturated heterocycles. The van der Waals surface area contributed by atoms with Crippen LogP contribution in [0.25, 0.3) is 0 Å². The fourth-order valence-corrected chi connectivity index (χ4v) is 3.13. The van der Waals surface area contributed by atoms with Gasteiger partial charge in [-0.25, -0.2) is 13.1 Å². The van der Waals surface area contributed by atoms with E-state index in [1.165, 1.54) is 16.9 Å². The van der Waals surface area contributed by atoms with E-state index < -0.39 is 22.7 Å². The van der Waals surface area contributed by atoms with Crippen molar-refractivity contribution in [2.24, 2.45) is 11.8 Å². The second-order valence-corrected chi connectivity index (χ2v) is 7.43. The zero-order chi connectivity index (χ0) is 18.0. The maximum atomic E-state index is 12.1. The molecular weight excluding hydrogens is 383 g/mol. The Labute approximate surface area is 150 Å². The highest BCUT2D eigenvalue weighted by Crippen LogP contribution is 2.20. The summed E-state index contributed by atoms with van der Waals surface area (Å²) in [6.45, 7) is 1.72. The number of rotatable bonds is 6. The lowest BCUT2D eigenvalue weighted by Gasteiger charge is -2.31.